The maximum absolute atomic E-state index is 12.8. The number of para-hydroxylation sites is 1. The van der Waals surface area contributed by atoms with E-state index in [1.807, 2.05) is 42.5 Å². The van der Waals surface area contributed by atoms with Gasteiger partial charge in [-0.2, -0.15) is 5.10 Å². The number of fused-ring (bicyclic) bond motifs is 2. The molecule has 0 aliphatic carbocycles. The summed E-state index contributed by atoms with van der Waals surface area (Å²) in [7, 11) is 0. The van der Waals surface area contributed by atoms with Crippen LogP contribution in [0.5, 0.6) is 0 Å². The monoisotopic (exact) mass is 386 g/mol. The number of hydrogen-bond acceptors (Lipinski definition) is 4. The largest absolute Gasteiger partial charge is 0.348 e. The molecule has 1 aliphatic heterocycles. The molecule has 2 aromatic carbocycles. The minimum absolute atomic E-state index is 0.0873. The van der Waals surface area contributed by atoms with Gasteiger partial charge in [0.1, 0.15) is 11.6 Å². The normalized spacial score (nSPS) is 16.3. The van der Waals surface area contributed by atoms with Crippen molar-refractivity contribution in [3.63, 3.8) is 0 Å². The van der Waals surface area contributed by atoms with Crippen LogP contribution in [0.15, 0.2) is 54.6 Å². The van der Waals surface area contributed by atoms with Crippen molar-refractivity contribution in [2.45, 2.75) is 38.3 Å². The standard InChI is InChI=1S/C22H22N6O/c29-22(21-17-8-4-5-9-18(17)24-27-21)23-16-10-11-19-25-26-20(28(19)13-12-16)14-15-6-2-1-3-7-15/h1-9,16H,10-14H2,(H,23,29)(H,24,27). The fourth-order valence-corrected chi connectivity index (χ4v) is 3.99. The number of hydrogen-bond donors (Lipinski definition) is 2. The highest BCUT2D eigenvalue weighted by atomic mass is 16.2. The van der Waals surface area contributed by atoms with Crippen molar-refractivity contribution in [3.05, 3.63) is 77.5 Å². The first-order chi connectivity index (χ1) is 14.3. The predicted molar refractivity (Wildman–Crippen MR) is 110 cm³/mol. The molecule has 1 unspecified atom stereocenters. The average molecular weight is 386 g/mol. The number of aromatic amines is 1. The van der Waals surface area contributed by atoms with E-state index >= 15 is 0 Å². The number of amides is 1. The molecule has 2 aromatic heterocycles. The molecule has 1 atom stereocenters. The molecule has 0 saturated heterocycles. The van der Waals surface area contributed by atoms with Crippen LogP contribution >= 0.6 is 0 Å². The quantitative estimate of drug-likeness (QED) is 0.564. The first-order valence-electron chi connectivity index (χ1n) is 9.97. The van der Waals surface area contributed by atoms with Gasteiger partial charge in [0, 0.05) is 30.8 Å². The van der Waals surface area contributed by atoms with Gasteiger partial charge < -0.3 is 9.88 Å². The molecule has 1 amide bonds. The summed E-state index contributed by atoms with van der Waals surface area (Å²) in [4.78, 5) is 12.8. The second-order valence-corrected chi connectivity index (χ2v) is 7.46. The second-order valence-electron chi connectivity index (χ2n) is 7.46. The number of aromatic nitrogens is 5. The molecule has 1 aliphatic rings. The Bertz CT molecular complexity index is 1150. The summed E-state index contributed by atoms with van der Waals surface area (Å²) in [6.45, 7) is 0.802. The highest BCUT2D eigenvalue weighted by Gasteiger charge is 2.23. The minimum Gasteiger partial charge on any atom is -0.348 e. The molecule has 2 N–H and O–H groups in total. The summed E-state index contributed by atoms with van der Waals surface area (Å²) in [6, 6.07) is 18.1. The number of rotatable bonds is 4. The molecule has 0 fully saturated rings. The Hall–Kier alpha value is -3.48. The van der Waals surface area contributed by atoms with Crippen LogP contribution in [0.25, 0.3) is 10.9 Å². The molecule has 29 heavy (non-hydrogen) atoms. The smallest absolute Gasteiger partial charge is 0.272 e. The Morgan fingerprint density at radius 2 is 1.90 bits per heavy atom. The summed E-state index contributed by atoms with van der Waals surface area (Å²) < 4.78 is 2.21. The summed E-state index contributed by atoms with van der Waals surface area (Å²) in [5.74, 6) is 1.85. The SMILES string of the molecule is O=C(NC1CCc2nnc(Cc3ccccc3)n2CC1)c1n[nH]c2ccccc12. The van der Waals surface area contributed by atoms with Gasteiger partial charge in [-0.05, 0) is 24.5 Å². The zero-order valence-electron chi connectivity index (χ0n) is 16.0. The van der Waals surface area contributed by atoms with Gasteiger partial charge in [-0.1, -0.05) is 48.5 Å². The van der Waals surface area contributed by atoms with Gasteiger partial charge in [0.05, 0.1) is 5.52 Å². The van der Waals surface area contributed by atoms with Crippen LogP contribution in [0.3, 0.4) is 0 Å². The topological polar surface area (TPSA) is 88.5 Å². The molecule has 4 aromatic rings. The van der Waals surface area contributed by atoms with Gasteiger partial charge in [-0.25, -0.2) is 0 Å². The maximum atomic E-state index is 12.8. The van der Waals surface area contributed by atoms with Crippen LogP contribution in [0.1, 0.15) is 40.5 Å². The summed E-state index contributed by atoms with van der Waals surface area (Å²) in [5, 5.41) is 20.0. The van der Waals surface area contributed by atoms with Crippen molar-refractivity contribution in [1.82, 2.24) is 30.3 Å². The highest BCUT2D eigenvalue weighted by molar-refractivity contribution is 6.04. The summed E-state index contributed by atoms with van der Waals surface area (Å²) >= 11 is 0. The molecule has 3 heterocycles. The molecule has 0 radical (unpaired) electrons. The second kappa shape index (κ2) is 7.50. The van der Waals surface area contributed by atoms with Crippen molar-refractivity contribution < 1.29 is 4.79 Å². The Balaban J connectivity index is 1.28. The lowest BCUT2D eigenvalue weighted by Crippen LogP contribution is -2.35. The zero-order valence-corrected chi connectivity index (χ0v) is 16.0. The van der Waals surface area contributed by atoms with Gasteiger partial charge >= 0.3 is 0 Å². The van der Waals surface area contributed by atoms with Crippen molar-refractivity contribution >= 4 is 16.8 Å². The third-order valence-corrected chi connectivity index (χ3v) is 5.55. The molecule has 7 nitrogen and oxygen atoms in total. The van der Waals surface area contributed by atoms with E-state index in [1.165, 1.54) is 5.56 Å². The van der Waals surface area contributed by atoms with Crippen LogP contribution in [0.4, 0.5) is 0 Å². The molecule has 146 valence electrons. The Morgan fingerprint density at radius 1 is 1.07 bits per heavy atom. The van der Waals surface area contributed by atoms with E-state index in [2.05, 4.69) is 42.4 Å². The highest BCUT2D eigenvalue weighted by Crippen LogP contribution is 2.19. The fraction of sp³-hybridized carbons (Fsp3) is 0.273. The number of aryl methyl sites for hydroxylation is 1. The van der Waals surface area contributed by atoms with Crippen LogP contribution in [-0.2, 0) is 19.4 Å². The molecule has 0 spiro atoms. The van der Waals surface area contributed by atoms with E-state index in [0.717, 1.165) is 54.8 Å². The zero-order chi connectivity index (χ0) is 19.6. The van der Waals surface area contributed by atoms with E-state index in [-0.39, 0.29) is 11.9 Å². The lowest BCUT2D eigenvalue weighted by molar-refractivity contribution is 0.0929. The molecule has 7 heteroatoms. The third kappa shape index (κ3) is 3.51. The summed E-state index contributed by atoms with van der Waals surface area (Å²) in [5.41, 5.74) is 2.55. The van der Waals surface area contributed by atoms with E-state index < -0.39 is 0 Å². The van der Waals surface area contributed by atoms with Crippen molar-refractivity contribution in [2.75, 3.05) is 0 Å². The van der Waals surface area contributed by atoms with Gasteiger partial charge in [-0.3, -0.25) is 9.89 Å². The van der Waals surface area contributed by atoms with E-state index in [1.54, 1.807) is 0 Å². The van der Waals surface area contributed by atoms with E-state index in [4.69, 9.17) is 0 Å². The van der Waals surface area contributed by atoms with Crippen molar-refractivity contribution in [3.8, 4) is 0 Å². The Morgan fingerprint density at radius 3 is 2.79 bits per heavy atom. The lowest BCUT2D eigenvalue weighted by atomic mass is 10.1. The molecule has 0 saturated carbocycles. The van der Waals surface area contributed by atoms with Gasteiger partial charge in [0.25, 0.3) is 5.91 Å². The van der Waals surface area contributed by atoms with Crippen LogP contribution in [0.2, 0.25) is 0 Å². The third-order valence-electron chi connectivity index (χ3n) is 5.55. The van der Waals surface area contributed by atoms with Gasteiger partial charge in [-0.15, -0.1) is 10.2 Å². The first kappa shape index (κ1) is 17.6. The number of carbonyl (C=O) groups is 1. The van der Waals surface area contributed by atoms with Crippen LogP contribution < -0.4 is 5.32 Å². The number of nitrogens with zero attached hydrogens (tertiary/aromatic N) is 4. The average Bonchev–Trinajstić information content (AvgIpc) is 3.29. The maximum Gasteiger partial charge on any atom is 0.272 e. The van der Waals surface area contributed by atoms with Crippen molar-refractivity contribution in [2.24, 2.45) is 0 Å². The Labute approximate surface area is 168 Å². The number of nitrogens with one attached hydrogen (secondary N) is 2. The lowest BCUT2D eigenvalue weighted by Gasteiger charge is -2.15. The molecular formula is C22H22N6O. The van der Waals surface area contributed by atoms with Crippen molar-refractivity contribution in [1.29, 1.82) is 0 Å². The molecule has 5 rings (SSSR count). The predicted octanol–water partition coefficient (Wildman–Crippen LogP) is 2.88. The van der Waals surface area contributed by atoms with Gasteiger partial charge in [0.15, 0.2) is 5.69 Å². The Kier molecular flexibility index (Phi) is 4.56. The first-order valence-corrected chi connectivity index (χ1v) is 9.97. The van der Waals surface area contributed by atoms with E-state index in [9.17, 15) is 4.79 Å². The fourth-order valence-electron chi connectivity index (χ4n) is 3.99. The molecule has 0 bridgehead atoms. The number of H-pyrrole nitrogens is 1. The number of carbonyl (C=O) groups excluding carboxylic acids is 1. The summed E-state index contributed by atoms with van der Waals surface area (Å²) in [6.07, 6.45) is 3.26. The molecular weight excluding hydrogens is 364 g/mol. The number of benzene rings is 2. The van der Waals surface area contributed by atoms with Crippen LogP contribution in [-0.4, -0.2) is 36.9 Å². The van der Waals surface area contributed by atoms with Crippen LogP contribution in [0, 0.1) is 0 Å². The minimum atomic E-state index is -0.130. The van der Waals surface area contributed by atoms with Gasteiger partial charge in [0.2, 0.25) is 0 Å². The van der Waals surface area contributed by atoms with E-state index in [0.29, 0.717) is 5.69 Å².